The molecule has 1 saturated heterocycles. The van der Waals surface area contributed by atoms with E-state index < -0.39 is 0 Å². The Morgan fingerprint density at radius 3 is 2.25 bits per heavy atom. The molecule has 0 amide bonds. The molecule has 104 valence electrons. The topological polar surface area (TPSA) is 38.5 Å². The van der Waals surface area contributed by atoms with Crippen LogP contribution < -0.4 is 5.73 Å². The third-order valence-corrected chi connectivity index (χ3v) is 3.82. The number of hydrogen-bond donors (Lipinski definition) is 1. The highest BCUT2D eigenvalue weighted by atomic mass is 16.5. The van der Waals surface area contributed by atoms with Gasteiger partial charge in [-0.2, -0.15) is 0 Å². The van der Waals surface area contributed by atoms with Crippen LogP contribution in [0.2, 0.25) is 0 Å². The molecule has 1 atom stereocenters. The first-order chi connectivity index (χ1) is 9.86. The number of rotatable bonds is 3. The van der Waals surface area contributed by atoms with Gasteiger partial charge in [0.15, 0.2) is 0 Å². The lowest BCUT2D eigenvalue weighted by Crippen LogP contribution is -2.39. The van der Waals surface area contributed by atoms with Gasteiger partial charge in [-0.05, 0) is 17.2 Å². The summed E-state index contributed by atoms with van der Waals surface area (Å²) >= 11 is 0. The fraction of sp³-hybridized carbons (Fsp3) is 0.294. The van der Waals surface area contributed by atoms with Gasteiger partial charge in [-0.25, -0.2) is 0 Å². The van der Waals surface area contributed by atoms with Crippen LogP contribution >= 0.6 is 0 Å². The predicted molar refractivity (Wildman–Crippen MR) is 81.5 cm³/mol. The number of nitrogens with zero attached hydrogens (tertiary/aromatic N) is 1. The highest BCUT2D eigenvalue weighted by Crippen LogP contribution is 2.32. The quantitative estimate of drug-likeness (QED) is 0.870. The third kappa shape index (κ3) is 2.69. The molecule has 0 saturated carbocycles. The van der Waals surface area contributed by atoms with Gasteiger partial charge in [-0.15, -0.1) is 0 Å². The van der Waals surface area contributed by atoms with Crippen LogP contribution in [0.3, 0.4) is 0 Å². The normalized spacial score (nSPS) is 17.8. The predicted octanol–water partition coefficient (Wildman–Crippen LogP) is 2.69. The summed E-state index contributed by atoms with van der Waals surface area (Å²) in [6, 6.07) is 18.9. The lowest BCUT2D eigenvalue weighted by atomic mass is 9.95. The molecule has 0 aliphatic carbocycles. The summed E-state index contributed by atoms with van der Waals surface area (Å²) in [7, 11) is 0. The molecule has 3 heteroatoms. The summed E-state index contributed by atoms with van der Waals surface area (Å²) in [5.41, 5.74) is 9.53. The summed E-state index contributed by atoms with van der Waals surface area (Å²) in [4.78, 5) is 2.45. The molecule has 1 aliphatic heterocycles. The van der Waals surface area contributed by atoms with Gasteiger partial charge in [0.05, 0.1) is 19.3 Å². The van der Waals surface area contributed by atoms with E-state index in [1.165, 1.54) is 11.1 Å². The van der Waals surface area contributed by atoms with E-state index in [-0.39, 0.29) is 6.04 Å². The van der Waals surface area contributed by atoms with Gasteiger partial charge in [0.25, 0.3) is 0 Å². The van der Waals surface area contributed by atoms with Crippen molar-refractivity contribution in [2.75, 3.05) is 32.0 Å². The second-order valence-electron chi connectivity index (χ2n) is 5.09. The van der Waals surface area contributed by atoms with Gasteiger partial charge in [-0.1, -0.05) is 48.5 Å². The number of nitrogen functional groups attached to an aromatic ring is 1. The van der Waals surface area contributed by atoms with Gasteiger partial charge < -0.3 is 10.5 Å². The minimum atomic E-state index is 0.210. The molecule has 0 spiro atoms. The van der Waals surface area contributed by atoms with E-state index in [0.29, 0.717) is 0 Å². The Morgan fingerprint density at radius 2 is 1.55 bits per heavy atom. The lowest BCUT2D eigenvalue weighted by Gasteiger charge is -2.35. The van der Waals surface area contributed by atoms with Crippen LogP contribution in [0.25, 0.3) is 0 Å². The minimum Gasteiger partial charge on any atom is -0.398 e. The maximum Gasteiger partial charge on any atom is 0.0623 e. The van der Waals surface area contributed by atoms with E-state index in [9.17, 15) is 0 Å². The molecule has 1 unspecified atom stereocenters. The van der Waals surface area contributed by atoms with Crippen LogP contribution in [-0.2, 0) is 4.74 Å². The van der Waals surface area contributed by atoms with E-state index in [1.54, 1.807) is 0 Å². The summed E-state index contributed by atoms with van der Waals surface area (Å²) in [6.45, 7) is 3.45. The van der Waals surface area contributed by atoms with E-state index in [1.807, 2.05) is 18.2 Å². The molecule has 2 aromatic carbocycles. The van der Waals surface area contributed by atoms with Crippen molar-refractivity contribution in [1.29, 1.82) is 0 Å². The van der Waals surface area contributed by atoms with Crippen molar-refractivity contribution in [3.8, 4) is 0 Å². The number of para-hydroxylation sites is 1. The van der Waals surface area contributed by atoms with Crippen LogP contribution in [0, 0.1) is 0 Å². The highest BCUT2D eigenvalue weighted by molar-refractivity contribution is 5.51. The third-order valence-electron chi connectivity index (χ3n) is 3.82. The molecular weight excluding hydrogens is 248 g/mol. The number of nitrogens with two attached hydrogens (primary N) is 1. The Bertz CT molecular complexity index is 550. The van der Waals surface area contributed by atoms with Crippen LogP contribution in [0.15, 0.2) is 54.6 Å². The number of anilines is 1. The molecule has 20 heavy (non-hydrogen) atoms. The Kier molecular flexibility index (Phi) is 4.00. The van der Waals surface area contributed by atoms with E-state index in [4.69, 9.17) is 10.5 Å². The Morgan fingerprint density at radius 1 is 0.900 bits per heavy atom. The second kappa shape index (κ2) is 6.07. The van der Waals surface area contributed by atoms with Crippen LogP contribution in [0.4, 0.5) is 5.69 Å². The summed E-state index contributed by atoms with van der Waals surface area (Å²) in [5, 5.41) is 0. The van der Waals surface area contributed by atoms with Crippen LogP contribution in [0.5, 0.6) is 0 Å². The molecule has 1 fully saturated rings. The molecule has 1 heterocycles. The largest absolute Gasteiger partial charge is 0.398 e. The second-order valence-corrected chi connectivity index (χ2v) is 5.09. The molecule has 3 nitrogen and oxygen atoms in total. The van der Waals surface area contributed by atoms with Crippen LogP contribution in [0.1, 0.15) is 17.2 Å². The van der Waals surface area contributed by atoms with Crippen molar-refractivity contribution < 1.29 is 4.74 Å². The average Bonchev–Trinajstić information content (AvgIpc) is 2.52. The van der Waals surface area contributed by atoms with Gasteiger partial charge in [-0.3, -0.25) is 4.90 Å². The lowest BCUT2D eigenvalue weighted by molar-refractivity contribution is 0.0241. The first kappa shape index (κ1) is 13.2. The van der Waals surface area contributed by atoms with E-state index in [0.717, 1.165) is 32.0 Å². The maximum atomic E-state index is 6.21. The molecule has 3 rings (SSSR count). The van der Waals surface area contributed by atoms with Gasteiger partial charge in [0.2, 0.25) is 0 Å². The minimum absolute atomic E-state index is 0.210. The van der Waals surface area contributed by atoms with Crippen molar-refractivity contribution >= 4 is 5.69 Å². The molecular formula is C17H20N2O. The Labute approximate surface area is 120 Å². The van der Waals surface area contributed by atoms with Crippen molar-refractivity contribution in [2.45, 2.75) is 6.04 Å². The van der Waals surface area contributed by atoms with Gasteiger partial charge in [0, 0.05) is 18.8 Å². The summed E-state index contributed by atoms with van der Waals surface area (Å²) in [6.07, 6.45) is 0. The van der Waals surface area contributed by atoms with E-state index >= 15 is 0 Å². The molecule has 1 aliphatic rings. The fourth-order valence-electron chi connectivity index (χ4n) is 2.82. The number of ether oxygens (including phenoxy) is 1. The van der Waals surface area contributed by atoms with Crippen molar-refractivity contribution in [2.24, 2.45) is 0 Å². The first-order valence-corrected chi connectivity index (χ1v) is 7.07. The molecule has 2 N–H and O–H groups in total. The monoisotopic (exact) mass is 268 g/mol. The standard InChI is InChI=1S/C17H20N2O/c18-16-9-5-4-8-15(16)17(14-6-2-1-3-7-14)19-10-12-20-13-11-19/h1-9,17H,10-13,18H2. The smallest absolute Gasteiger partial charge is 0.0623 e. The summed E-state index contributed by atoms with van der Waals surface area (Å²) in [5.74, 6) is 0. The molecule has 2 aromatic rings. The zero-order valence-electron chi connectivity index (χ0n) is 11.5. The SMILES string of the molecule is Nc1ccccc1C(c1ccccc1)N1CCOCC1. The number of morpholine rings is 1. The summed E-state index contributed by atoms with van der Waals surface area (Å²) < 4.78 is 5.48. The highest BCUT2D eigenvalue weighted by Gasteiger charge is 2.25. The zero-order valence-corrected chi connectivity index (χ0v) is 11.5. The molecule has 0 aromatic heterocycles. The van der Waals surface area contributed by atoms with E-state index in [2.05, 4.69) is 41.3 Å². The average molecular weight is 268 g/mol. The van der Waals surface area contributed by atoms with Crippen LogP contribution in [-0.4, -0.2) is 31.2 Å². The number of benzene rings is 2. The first-order valence-electron chi connectivity index (χ1n) is 7.07. The fourth-order valence-corrected chi connectivity index (χ4v) is 2.82. The Hall–Kier alpha value is -1.84. The molecule has 0 bridgehead atoms. The van der Waals surface area contributed by atoms with Crippen molar-refractivity contribution in [3.05, 3.63) is 65.7 Å². The van der Waals surface area contributed by atoms with Crippen molar-refractivity contribution in [1.82, 2.24) is 4.90 Å². The molecule has 0 radical (unpaired) electrons. The maximum absolute atomic E-state index is 6.21. The van der Waals surface area contributed by atoms with Crippen molar-refractivity contribution in [3.63, 3.8) is 0 Å². The number of hydrogen-bond acceptors (Lipinski definition) is 3. The van der Waals surface area contributed by atoms with Gasteiger partial charge in [0.1, 0.15) is 0 Å². The Balaban J connectivity index is 2.01. The van der Waals surface area contributed by atoms with Gasteiger partial charge >= 0.3 is 0 Å². The zero-order chi connectivity index (χ0) is 13.8.